The van der Waals surface area contributed by atoms with Gasteiger partial charge >= 0.3 is 11.9 Å². The van der Waals surface area contributed by atoms with Crippen LogP contribution in [0.4, 0.5) is 0 Å². The highest BCUT2D eigenvalue weighted by molar-refractivity contribution is 7.85. The Morgan fingerprint density at radius 3 is 1.52 bits per heavy atom. The highest BCUT2D eigenvalue weighted by Crippen LogP contribution is 2.24. The van der Waals surface area contributed by atoms with E-state index in [1.165, 1.54) is 96.3 Å². The first-order valence-corrected chi connectivity index (χ1v) is 25.8. The molecule has 0 amide bonds. The van der Waals surface area contributed by atoms with Crippen LogP contribution < -0.4 is 0 Å². The lowest BCUT2D eigenvalue weighted by molar-refractivity contribution is -0.297. The molecule has 1 saturated heterocycles. The molecule has 0 aliphatic carbocycles. The second-order valence-corrected chi connectivity index (χ2v) is 18.3. The lowest BCUT2D eigenvalue weighted by atomic mass is 10.00. The van der Waals surface area contributed by atoms with E-state index in [1.54, 1.807) is 0 Å². The summed E-state index contributed by atoms with van der Waals surface area (Å²) in [5.74, 6) is -2.03. The minimum atomic E-state index is -4.61. The second kappa shape index (κ2) is 39.0. The van der Waals surface area contributed by atoms with Gasteiger partial charge in [0.1, 0.15) is 36.8 Å². The molecule has 1 aliphatic heterocycles. The predicted octanol–water partition coefficient (Wildman–Crippen LogP) is 10.3. The molecule has 0 saturated carbocycles. The number of rotatable bonds is 40. The number of hydrogen-bond donors (Lipinski definition) is 4. The van der Waals surface area contributed by atoms with Gasteiger partial charge in [0, 0.05) is 12.8 Å². The summed E-state index contributed by atoms with van der Waals surface area (Å²) in [6.45, 7) is 3.70. The van der Waals surface area contributed by atoms with Gasteiger partial charge in [-0.15, -0.1) is 0 Å². The van der Waals surface area contributed by atoms with E-state index in [4.69, 9.17) is 18.9 Å². The average molecular weight is 899 g/mol. The number of unbranched alkanes of at least 4 members (excludes halogenated alkanes) is 20. The molecule has 62 heavy (non-hydrogen) atoms. The molecular weight excluding hydrogens is 813 g/mol. The molecule has 1 aliphatic rings. The topological polar surface area (TPSA) is 186 Å². The fraction of sp³-hybridized carbons (Fsp3) is 0.796. The molecular formula is C49H86O12S. The van der Waals surface area contributed by atoms with Crippen LogP contribution in [-0.2, 0) is 38.7 Å². The molecule has 0 aromatic heterocycles. The minimum absolute atomic E-state index is 0.153. The zero-order valence-electron chi connectivity index (χ0n) is 38.5. The lowest BCUT2D eigenvalue weighted by Gasteiger charge is -2.40. The molecule has 6 atom stereocenters. The molecule has 0 radical (unpaired) electrons. The Balaban J connectivity index is 2.43. The van der Waals surface area contributed by atoms with Crippen molar-refractivity contribution in [2.24, 2.45) is 0 Å². The van der Waals surface area contributed by atoms with E-state index >= 15 is 0 Å². The average Bonchev–Trinajstić information content (AvgIpc) is 3.24. The van der Waals surface area contributed by atoms with E-state index in [2.05, 4.69) is 62.5 Å². The van der Waals surface area contributed by atoms with Crippen LogP contribution in [0, 0.1) is 0 Å². The van der Waals surface area contributed by atoms with E-state index in [0.717, 1.165) is 57.8 Å². The summed E-state index contributed by atoms with van der Waals surface area (Å²) in [4.78, 5) is 25.4. The summed E-state index contributed by atoms with van der Waals surface area (Å²) in [6.07, 6.45) is 37.2. The summed E-state index contributed by atoms with van der Waals surface area (Å²) in [5, 5.41) is 30.9. The number of allylic oxidation sites excluding steroid dienone is 8. The zero-order valence-corrected chi connectivity index (χ0v) is 39.3. The Morgan fingerprint density at radius 1 is 0.548 bits per heavy atom. The Hall–Kier alpha value is -2.39. The number of aliphatic hydroxyl groups excluding tert-OH is 3. The highest BCUT2D eigenvalue weighted by atomic mass is 32.2. The van der Waals surface area contributed by atoms with Crippen LogP contribution in [0.3, 0.4) is 0 Å². The van der Waals surface area contributed by atoms with Gasteiger partial charge in [0.15, 0.2) is 12.4 Å². The van der Waals surface area contributed by atoms with Gasteiger partial charge in [-0.3, -0.25) is 14.1 Å². The molecule has 2 unspecified atom stereocenters. The van der Waals surface area contributed by atoms with Crippen LogP contribution >= 0.6 is 0 Å². The maximum absolute atomic E-state index is 12.8. The first kappa shape index (κ1) is 57.6. The quantitative estimate of drug-likeness (QED) is 0.0198. The van der Waals surface area contributed by atoms with E-state index in [0.29, 0.717) is 12.8 Å². The van der Waals surface area contributed by atoms with Crippen molar-refractivity contribution < 1.29 is 56.8 Å². The van der Waals surface area contributed by atoms with E-state index in [1.807, 2.05) is 0 Å². The second-order valence-electron chi connectivity index (χ2n) is 16.8. The molecule has 1 rings (SSSR count). The fourth-order valence-electron chi connectivity index (χ4n) is 7.09. The summed E-state index contributed by atoms with van der Waals surface area (Å²) in [6, 6.07) is 0. The van der Waals surface area contributed by atoms with E-state index < -0.39 is 71.2 Å². The van der Waals surface area contributed by atoms with Gasteiger partial charge in [-0.25, -0.2) is 0 Å². The Labute approximate surface area is 375 Å². The van der Waals surface area contributed by atoms with Crippen molar-refractivity contribution in [3.05, 3.63) is 48.6 Å². The number of esters is 2. The normalized spacial score (nSPS) is 20.3. The molecule has 4 N–H and O–H groups in total. The first-order valence-electron chi connectivity index (χ1n) is 24.2. The zero-order chi connectivity index (χ0) is 45.5. The lowest BCUT2D eigenvalue weighted by Crippen LogP contribution is -2.60. The predicted molar refractivity (Wildman–Crippen MR) is 247 cm³/mol. The van der Waals surface area contributed by atoms with Crippen molar-refractivity contribution in [1.82, 2.24) is 0 Å². The van der Waals surface area contributed by atoms with Crippen molar-refractivity contribution >= 4 is 22.1 Å². The molecule has 0 aromatic carbocycles. The molecule has 0 aromatic rings. The number of aliphatic hydroxyl groups is 3. The SMILES string of the molecule is CCCCC/C=C/C/C=C/C/C=C/CCCCC(=O)OC[C@H](CO[C@H]1O[C@H](CS(=O)(=O)O)[C@@H](O)C(O)C1O)OC(=O)CCCCCCCCCCC/C=C/CCCCCCCC. The summed E-state index contributed by atoms with van der Waals surface area (Å²) in [5.41, 5.74) is 0. The molecule has 1 heterocycles. The van der Waals surface area contributed by atoms with Gasteiger partial charge in [-0.1, -0.05) is 152 Å². The summed E-state index contributed by atoms with van der Waals surface area (Å²) >= 11 is 0. The standard InChI is InChI=1S/C49H86O12S/c1-3-5-7-9-11-13-15-17-19-20-21-22-24-26-28-30-32-34-36-38-45(51)60-42(40-59-49-48(54)47(53)46(52)43(61-49)41-62(55,56)57)39-58-44(50)37-35-33-31-29-27-25-23-18-16-14-12-10-8-6-4-2/h12,14,17-19,23,27,29,42-43,46-49,52-54H,3-11,13,15-16,20-22,24-26,28,30-41H2,1-2H3,(H,55,56,57)/b14-12+,19-17+,23-18+,29-27+/t42-,43-,46-,47?,48?,49+/m1/s1. The van der Waals surface area contributed by atoms with Gasteiger partial charge in [0.25, 0.3) is 10.1 Å². The van der Waals surface area contributed by atoms with Gasteiger partial charge in [-0.05, 0) is 77.0 Å². The Morgan fingerprint density at radius 2 is 0.968 bits per heavy atom. The van der Waals surface area contributed by atoms with Crippen molar-refractivity contribution in [2.45, 2.75) is 230 Å². The largest absolute Gasteiger partial charge is 0.462 e. The van der Waals surface area contributed by atoms with Gasteiger partial charge in [-0.2, -0.15) is 8.42 Å². The molecule has 1 fully saturated rings. The molecule has 0 spiro atoms. The third kappa shape index (κ3) is 33.2. The molecule has 12 nitrogen and oxygen atoms in total. The van der Waals surface area contributed by atoms with Gasteiger partial charge in [0.2, 0.25) is 0 Å². The van der Waals surface area contributed by atoms with Crippen molar-refractivity contribution in [3.63, 3.8) is 0 Å². The Bertz CT molecular complexity index is 1330. The van der Waals surface area contributed by atoms with Crippen LogP contribution in [0.5, 0.6) is 0 Å². The van der Waals surface area contributed by atoms with Gasteiger partial charge in [0.05, 0.1) is 6.61 Å². The van der Waals surface area contributed by atoms with Crippen molar-refractivity contribution in [3.8, 4) is 0 Å². The van der Waals surface area contributed by atoms with Crippen LogP contribution in [0.1, 0.15) is 194 Å². The number of carbonyl (C=O) groups excluding carboxylic acids is 2. The Kier molecular flexibility index (Phi) is 36.3. The van der Waals surface area contributed by atoms with Gasteiger partial charge < -0.3 is 34.3 Å². The van der Waals surface area contributed by atoms with E-state index in [-0.39, 0.29) is 19.4 Å². The number of carbonyl (C=O) groups is 2. The van der Waals surface area contributed by atoms with E-state index in [9.17, 15) is 37.9 Å². The molecule has 13 heteroatoms. The smallest absolute Gasteiger partial charge is 0.306 e. The maximum Gasteiger partial charge on any atom is 0.306 e. The molecule has 0 bridgehead atoms. The number of hydrogen-bond acceptors (Lipinski definition) is 11. The third-order valence-electron chi connectivity index (χ3n) is 10.9. The maximum atomic E-state index is 12.8. The first-order chi connectivity index (χ1) is 30.0. The van der Waals surface area contributed by atoms with Crippen LogP contribution in [-0.4, -0.2) is 96.0 Å². The van der Waals surface area contributed by atoms with Crippen LogP contribution in [0.2, 0.25) is 0 Å². The monoisotopic (exact) mass is 899 g/mol. The molecule has 360 valence electrons. The van der Waals surface area contributed by atoms with Crippen LogP contribution in [0.15, 0.2) is 48.6 Å². The van der Waals surface area contributed by atoms with Crippen molar-refractivity contribution in [2.75, 3.05) is 19.0 Å². The fourth-order valence-corrected chi connectivity index (χ4v) is 7.78. The minimum Gasteiger partial charge on any atom is -0.462 e. The third-order valence-corrected chi connectivity index (χ3v) is 11.6. The van der Waals surface area contributed by atoms with Crippen LogP contribution in [0.25, 0.3) is 0 Å². The summed E-state index contributed by atoms with van der Waals surface area (Å²) in [7, 11) is -4.61. The highest BCUT2D eigenvalue weighted by Gasteiger charge is 2.46. The van der Waals surface area contributed by atoms with Crippen molar-refractivity contribution in [1.29, 1.82) is 0 Å². The number of ether oxygens (including phenoxy) is 4. The summed E-state index contributed by atoms with van der Waals surface area (Å²) < 4.78 is 54.1.